The minimum Gasteiger partial charge on any atom is -0.348 e. The molecule has 5 heteroatoms. The van der Waals surface area contributed by atoms with Gasteiger partial charge in [-0.1, -0.05) is 39.8 Å². The summed E-state index contributed by atoms with van der Waals surface area (Å²) in [7, 11) is 0. The molecule has 0 aliphatic heterocycles. The Hall–Kier alpha value is -2.53. The normalized spacial score (nSPS) is 11.7. The first kappa shape index (κ1) is 20.2. The SMILES string of the molecule is CC(C)c1cccnc1CN(CCc1cnc[nH]1)Cc1ncccc1C(C)C. The molecule has 0 aromatic carbocycles. The van der Waals surface area contributed by atoms with Gasteiger partial charge in [0, 0.05) is 50.3 Å². The molecule has 0 saturated carbocycles. The van der Waals surface area contributed by atoms with Crippen LogP contribution in [-0.4, -0.2) is 31.4 Å². The van der Waals surface area contributed by atoms with E-state index in [-0.39, 0.29) is 0 Å². The summed E-state index contributed by atoms with van der Waals surface area (Å²) in [6.07, 6.45) is 8.36. The molecule has 0 saturated heterocycles. The van der Waals surface area contributed by atoms with E-state index in [9.17, 15) is 0 Å². The van der Waals surface area contributed by atoms with Gasteiger partial charge in [-0.05, 0) is 35.1 Å². The van der Waals surface area contributed by atoms with Crippen molar-refractivity contribution in [1.29, 1.82) is 0 Å². The Balaban J connectivity index is 1.83. The van der Waals surface area contributed by atoms with E-state index in [2.05, 4.69) is 54.7 Å². The van der Waals surface area contributed by atoms with E-state index in [1.165, 1.54) is 11.1 Å². The largest absolute Gasteiger partial charge is 0.348 e. The summed E-state index contributed by atoms with van der Waals surface area (Å²) in [6, 6.07) is 8.45. The highest BCUT2D eigenvalue weighted by molar-refractivity contribution is 5.25. The predicted molar refractivity (Wildman–Crippen MR) is 113 cm³/mol. The van der Waals surface area contributed by atoms with Gasteiger partial charge in [-0.15, -0.1) is 0 Å². The van der Waals surface area contributed by atoms with Crippen LogP contribution in [0.25, 0.3) is 0 Å². The fraction of sp³-hybridized carbons (Fsp3) is 0.435. The summed E-state index contributed by atoms with van der Waals surface area (Å²) in [6.45, 7) is 11.5. The van der Waals surface area contributed by atoms with Crippen molar-refractivity contribution in [2.45, 2.75) is 59.0 Å². The Bertz CT molecular complexity index is 801. The number of aromatic nitrogens is 4. The molecule has 0 aliphatic rings. The number of H-pyrrole nitrogens is 1. The predicted octanol–water partition coefficient (Wildman–Crippen LogP) is 4.69. The van der Waals surface area contributed by atoms with E-state index in [0.29, 0.717) is 11.8 Å². The molecular weight excluding hydrogens is 346 g/mol. The molecule has 0 atom stereocenters. The molecule has 0 bridgehead atoms. The number of imidazole rings is 1. The number of aromatic amines is 1. The van der Waals surface area contributed by atoms with Crippen molar-refractivity contribution in [2.75, 3.05) is 6.54 Å². The van der Waals surface area contributed by atoms with Crippen molar-refractivity contribution < 1.29 is 0 Å². The monoisotopic (exact) mass is 377 g/mol. The van der Waals surface area contributed by atoms with Crippen molar-refractivity contribution in [1.82, 2.24) is 24.8 Å². The molecule has 148 valence electrons. The lowest BCUT2D eigenvalue weighted by atomic mass is 10.00. The molecule has 3 rings (SSSR count). The molecule has 28 heavy (non-hydrogen) atoms. The molecule has 0 spiro atoms. The molecule has 3 aromatic rings. The summed E-state index contributed by atoms with van der Waals surface area (Å²) < 4.78 is 0. The Morgan fingerprint density at radius 1 is 0.893 bits per heavy atom. The lowest BCUT2D eigenvalue weighted by Gasteiger charge is -2.25. The van der Waals surface area contributed by atoms with Crippen LogP contribution in [0, 0.1) is 0 Å². The maximum absolute atomic E-state index is 4.70. The second kappa shape index (κ2) is 9.60. The maximum atomic E-state index is 4.70. The Labute approximate surface area is 168 Å². The van der Waals surface area contributed by atoms with Crippen LogP contribution in [0.15, 0.2) is 49.2 Å². The first-order chi connectivity index (χ1) is 13.5. The minimum absolute atomic E-state index is 0.458. The minimum atomic E-state index is 0.458. The summed E-state index contributed by atoms with van der Waals surface area (Å²) in [5.41, 5.74) is 6.10. The zero-order valence-electron chi connectivity index (χ0n) is 17.4. The van der Waals surface area contributed by atoms with E-state index in [1.54, 1.807) is 6.33 Å². The van der Waals surface area contributed by atoms with Crippen LogP contribution in [0.4, 0.5) is 0 Å². The van der Waals surface area contributed by atoms with Crippen molar-refractivity contribution in [2.24, 2.45) is 0 Å². The van der Waals surface area contributed by atoms with Gasteiger partial charge in [0.2, 0.25) is 0 Å². The smallest absolute Gasteiger partial charge is 0.0921 e. The Morgan fingerprint density at radius 3 is 1.93 bits per heavy atom. The fourth-order valence-electron chi connectivity index (χ4n) is 3.55. The molecule has 0 aliphatic carbocycles. The topological polar surface area (TPSA) is 57.7 Å². The third-order valence-electron chi connectivity index (χ3n) is 5.09. The van der Waals surface area contributed by atoms with Crippen molar-refractivity contribution in [3.05, 3.63) is 77.4 Å². The summed E-state index contributed by atoms with van der Waals surface area (Å²) >= 11 is 0. The van der Waals surface area contributed by atoms with E-state index in [1.807, 2.05) is 30.7 Å². The average molecular weight is 378 g/mol. The van der Waals surface area contributed by atoms with E-state index >= 15 is 0 Å². The highest BCUT2D eigenvalue weighted by Crippen LogP contribution is 2.22. The molecule has 0 unspecified atom stereocenters. The van der Waals surface area contributed by atoms with Crippen LogP contribution in [0.1, 0.15) is 67.7 Å². The van der Waals surface area contributed by atoms with E-state index < -0.39 is 0 Å². The molecule has 0 amide bonds. The van der Waals surface area contributed by atoms with Crippen LogP contribution in [-0.2, 0) is 19.5 Å². The Kier molecular flexibility index (Phi) is 6.93. The van der Waals surface area contributed by atoms with Gasteiger partial charge in [0.1, 0.15) is 0 Å². The quantitative estimate of drug-likeness (QED) is 0.588. The molecule has 3 heterocycles. The summed E-state index contributed by atoms with van der Waals surface area (Å²) in [4.78, 5) is 19.2. The zero-order chi connectivity index (χ0) is 19.9. The van der Waals surface area contributed by atoms with Crippen molar-refractivity contribution in [3.8, 4) is 0 Å². The van der Waals surface area contributed by atoms with Crippen molar-refractivity contribution in [3.63, 3.8) is 0 Å². The van der Waals surface area contributed by atoms with Crippen molar-refractivity contribution >= 4 is 0 Å². The van der Waals surface area contributed by atoms with Gasteiger partial charge in [-0.25, -0.2) is 4.98 Å². The van der Waals surface area contributed by atoms with Crippen LogP contribution < -0.4 is 0 Å². The maximum Gasteiger partial charge on any atom is 0.0921 e. The highest BCUT2D eigenvalue weighted by atomic mass is 15.1. The zero-order valence-corrected chi connectivity index (χ0v) is 17.4. The first-order valence-electron chi connectivity index (χ1n) is 10.1. The molecule has 0 radical (unpaired) electrons. The Morgan fingerprint density at radius 2 is 1.46 bits per heavy atom. The van der Waals surface area contributed by atoms with Gasteiger partial charge in [0.05, 0.1) is 17.7 Å². The standard InChI is InChI=1S/C23H31N5/c1-17(2)20-7-5-10-25-22(20)14-28(12-9-19-13-24-16-27-19)15-23-21(18(3)4)8-6-11-26-23/h5-8,10-11,13,16-18H,9,12,14-15H2,1-4H3,(H,24,27). The first-order valence-corrected chi connectivity index (χ1v) is 10.1. The molecule has 0 fully saturated rings. The van der Waals surface area contributed by atoms with Crippen LogP contribution in [0.3, 0.4) is 0 Å². The average Bonchev–Trinajstić information content (AvgIpc) is 3.20. The second-order valence-electron chi connectivity index (χ2n) is 7.93. The third kappa shape index (κ3) is 5.26. The summed E-state index contributed by atoms with van der Waals surface area (Å²) in [5, 5.41) is 0. The van der Waals surface area contributed by atoms with E-state index in [0.717, 1.165) is 43.1 Å². The molecule has 5 nitrogen and oxygen atoms in total. The molecule has 1 N–H and O–H groups in total. The van der Waals surface area contributed by atoms with Gasteiger partial charge in [-0.2, -0.15) is 0 Å². The number of nitrogens with one attached hydrogen (secondary N) is 1. The highest BCUT2D eigenvalue weighted by Gasteiger charge is 2.16. The fourth-order valence-corrected chi connectivity index (χ4v) is 3.55. The number of pyridine rings is 2. The molecular formula is C23H31N5. The van der Waals surface area contributed by atoms with Crippen LogP contribution in [0.5, 0.6) is 0 Å². The lowest BCUT2D eigenvalue weighted by Crippen LogP contribution is -2.27. The number of hydrogen-bond acceptors (Lipinski definition) is 4. The number of hydrogen-bond donors (Lipinski definition) is 1. The second-order valence-corrected chi connectivity index (χ2v) is 7.93. The lowest BCUT2D eigenvalue weighted by molar-refractivity contribution is 0.251. The van der Waals surface area contributed by atoms with Crippen LogP contribution >= 0.6 is 0 Å². The van der Waals surface area contributed by atoms with Crippen LogP contribution in [0.2, 0.25) is 0 Å². The third-order valence-corrected chi connectivity index (χ3v) is 5.09. The van der Waals surface area contributed by atoms with E-state index in [4.69, 9.17) is 9.97 Å². The number of nitrogens with zero attached hydrogens (tertiary/aromatic N) is 4. The van der Waals surface area contributed by atoms with Gasteiger partial charge in [0.15, 0.2) is 0 Å². The summed E-state index contributed by atoms with van der Waals surface area (Å²) in [5.74, 6) is 0.915. The number of rotatable bonds is 9. The molecule has 3 aromatic heterocycles. The van der Waals surface area contributed by atoms with Gasteiger partial charge < -0.3 is 4.98 Å². The van der Waals surface area contributed by atoms with Gasteiger partial charge in [-0.3, -0.25) is 14.9 Å². The van der Waals surface area contributed by atoms with Gasteiger partial charge >= 0.3 is 0 Å². The van der Waals surface area contributed by atoms with Gasteiger partial charge in [0.25, 0.3) is 0 Å².